The van der Waals surface area contributed by atoms with Gasteiger partial charge >= 0.3 is 11.7 Å². The fourth-order valence-electron chi connectivity index (χ4n) is 3.24. The lowest BCUT2D eigenvalue weighted by atomic mass is 9.96. The van der Waals surface area contributed by atoms with Gasteiger partial charge in [0, 0.05) is 17.5 Å². The van der Waals surface area contributed by atoms with Gasteiger partial charge in [0.1, 0.15) is 29.1 Å². The first-order valence-electron chi connectivity index (χ1n) is 8.93. The standard InChI is InChI=1S/C19H23F2N3O3/c1-11-5-8-15(17(25)27-19(2,3)4)24-16(11)22-23(18(24)26)10-12-6-7-13(20)9-14(12)21/h6-7,9,11,15H,5,8,10H2,1-4H3. The third-order valence-corrected chi connectivity index (χ3v) is 4.54. The van der Waals surface area contributed by atoms with Crippen molar-refractivity contribution in [1.82, 2.24) is 14.3 Å². The molecule has 1 aromatic carbocycles. The molecule has 8 heteroatoms. The minimum absolute atomic E-state index is 0.0179. The molecule has 0 saturated carbocycles. The summed E-state index contributed by atoms with van der Waals surface area (Å²) in [4.78, 5) is 25.5. The van der Waals surface area contributed by atoms with Gasteiger partial charge in [-0.05, 0) is 39.7 Å². The number of hydrogen-bond donors (Lipinski definition) is 0. The minimum atomic E-state index is -0.755. The highest BCUT2D eigenvalue weighted by molar-refractivity contribution is 5.75. The zero-order chi connectivity index (χ0) is 19.9. The molecule has 0 amide bonds. The Morgan fingerprint density at radius 3 is 2.63 bits per heavy atom. The van der Waals surface area contributed by atoms with Crippen molar-refractivity contribution in [3.05, 3.63) is 51.7 Å². The van der Waals surface area contributed by atoms with Crippen LogP contribution >= 0.6 is 0 Å². The Labute approximate surface area is 155 Å². The van der Waals surface area contributed by atoms with Crippen molar-refractivity contribution in [3.63, 3.8) is 0 Å². The molecule has 0 aliphatic carbocycles. The van der Waals surface area contributed by atoms with Crippen molar-refractivity contribution in [1.29, 1.82) is 0 Å². The van der Waals surface area contributed by atoms with Crippen LogP contribution in [-0.4, -0.2) is 25.9 Å². The van der Waals surface area contributed by atoms with Gasteiger partial charge in [-0.3, -0.25) is 4.57 Å². The Bertz CT molecular complexity index is 927. The zero-order valence-corrected chi connectivity index (χ0v) is 15.8. The van der Waals surface area contributed by atoms with Gasteiger partial charge in [0.2, 0.25) is 0 Å². The topological polar surface area (TPSA) is 66.1 Å². The molecule has 0 fully saturated rings. The molecule has 146 valence electrons. The number of halogens is 2. The van der Waals surface area contributed by atoms with E-state index in [-0.39, 0.29) is 18.0 Å². The van der Waals surface area contributed by atoms with Crippen molar-refractivity contribution < 1.29 is 18.3 Å². The number of fused-ring (bicyclic) bond motifs is 1. The van der Waals surface area contributed by atoms with E-state index >= 15 is 0 Å². The van der Waals surface area contributed by atoms with Crippen LogP contribution in [0, 0.1) is 11.6 Å². The van der Waals surface area contributed by atoms with Crippen LogP contribution in [-0.2, 0) is 16.1 Å². The number of carbonyl (C=O) groups is 1. The molecule has 0 bridgehead atoms. The molecule has 27 heavy (non-hydrogen) atoms. The van der Waals surface area contributed by atoms with Gasteiger partial charge in [-0.25, -0.2) is 23.1 Å². The van der Waals surface area contributed by atoms with E-state index in [4.69, 9.17) is 4.74 Å². The predicted molar refractivity (Wildman–Crippen MR) is 94.5 cm³/mol. The Morgan fingerprint density at radius 2 is 2.00 bits per heavy atom. The summed E-state index contributed by atoms with van der Waals surface area (Å²) in [6.45, 7) is 7.08. The van der Waals surface area contributed by atoms with Crippen LogP contribution in [0.2, 0.25) is 0 Å². The number of carbonyl (C=O) groups excluding carboxylic acids is 1. The molecule has 1 aliphatic rings. The van der Waals surface area contributed by atoms with Crippen LogP contribution in [0.1, 0.15) is 63.9 Å². The molecule has 0 N–H and O–H groups in total. The van der Waals surface area contributed by atoms with Crippen LogP contribution < -0.4 is 5.69 Å². The highest BCUT2D eigenvalue weighted by Crippen LogP contribution is 2.32. The molecule has 0 radical (unpaired) electrons. The van der Waals surface area contributed by atoms with Crippen molar-refractivity contribution >= 4 is 5.97 Å². The number of ether oxygens (including phenoxy) is 1. The monoisotopic (exact) mass is 379 g/mol. The van der Waals surface area contributed by atoms with Gasteiger partial charge in [0.25, 0.3) is 0 Å². The average Bonchev–Trinajstić information content (AvgIpc) is 2.87. The first-order valence-corrected chi connectivity index (χ1v) is 8.93. The normalized spacial score (nSPS) is 19.6. The van der Waals surface area contributed by atoms with Crippen molar-refractivity contribution in [3.8, 4) is 0 Å². The van der Waals surface area contributed by atoms with E-state index in [0.29, 0.717) is 18.7 Å². The molecular weight excluding hydrogens is 356 g/mol. The third-order valence-electron chi connectivity index (χ3n) is 4.54. The molecule has 2 heterocycles. The molecule has 6 nitrogen and oxygen atoms in total. The van der Waals surface area contributed by atoms with Gasteiger partial charge < -0.3 is 4.74 Å². The lowest BCUT2D eigenvalue weighted by Crippen LogP contribution is -2.38. The van der Waals surface area contributed by atoms with Crippen LogP contribution in [0.25, 0.3) is 0 Å². The maximum atomic E-state index is 14.0. The number of rotatable bonds is 3. The number of benzene rings is 1. The van der Waals surface area contributed by atoms with Gasteiger partial charge in [-0.2, -0.15) is 5.10 Å². The summed E-state index contributed by atoms with van der Waals surface area (Å²) in [6, 6.07) is 2.42. The Hall–Kier alpha value is -2.51. The summed E-state index contributed by atoms with van der Waals surface area (Å²) < 4.78 is 35.0. The Morgan fingerprint density at radius 1 is 1.30 bits per heavy atom. The van der Waals surface area contributed by atoms with E-state index < -0.39 is 34.9 Å². The van der Waals surface area contributed by atoms with Crippen LogP contribution in [0.15, 0.2) is 23.0 Å². The lowest BCUT2D eigenvalue weighted by molar-refractivity contribution is -0.159. The van der Waals surface area contributed by atoms with E-state index in [1.165, 1.54) is 10.6 Å². The summed E-state index contributed by atoms with van der Waals surface area (Å²) in [6.07, 6.45) is 1.16. The molecule has 2 atom stereocenters. The molecule has 3 rings (SSSR count). The van der Waals surface area contributed by atoms with E-state index in [1.54, 1.807) is 20.8 Å². The summed E-state index contributed by atoms with van der Waals surface area (Å²) in [5.41, 5.74) is -1.02. The van der Waals surface area contributed by atoms with E-state index in [0.717, 1.165) is 16.8 Å². The second-order valence-electron chi connectivity index (χ2n) is 7.93. The van der Waals surface area contributed by atoms with Gasteiger partial charge in [-0.15, -0.1) is 0 Å². The largest absolute Gasteiger partial charge is 0.458 e. The van der Waals surface area contributed by atoms with E-state index in [1.807, 2.05) is 6.92 Å². The van der Waals surface area contributed by atoms with Crippen LogP contribution in [0.4, 0.5) is 8.78 Å². The second-order valence-corrected chi connectivity index (χ2v) is 7.93. The SMILES string of the molecule is CC1CCC(C(=O)OC(C)(C)C)n2c1nn(Cc1ccc(F)cc1F)c2=O. The fraction of sp³-hybridized carbons (Fsp3) is 0.526. The van der Waals surface area contributed by atoms with Gasteiger partial charge in [-0.1, -0.05) is 13.0 Å². The molecule has 0 spiro atoms. The predicted octanol–water partition coefficient (Wildman–Crippen LogP) is 3.15. The van der Waals surface area contributed by atoms with E-state index in [9.17, 15) is 18.4 Å². The number of nitrogens with zero attached hydrogens (tertiary/aromatic N) is 3. The minimum Gasteiger partial charge on any atom is -0.458 e. The first kappa shape index (κ1) is 19.3. The summed E-state index contributed by atoms with van der Waals surface area (Å²) in [5, 5.41) is 4.32. The fourth-order valence-corrected chi connectivity index (χ4v) is 3.24. The third kappa shape index (κ3) is 3.94. The smallest absolute Gasteiger partial charge is 0.347 e. The summed E-state index contributed by atoms with van der Waals surface area (Å²) in [5.74, 6) is -1.46. The summed E-state index contributed by atoms with van der Waals surface area (Å²) >= 11 is 0. The molecule has 1 aliphatic heterocycles. The van der Waals surface area contributed by atoms with E-state index in [2.05, 4.69) is 5.10 Å². The summed E-state index contributed by atoms with van der Waals surface area (Å²) in [7, 11) is 0. The van der Waals surface area contributed by atoms with Crippen molar-refractivity contribution in [2.75, 3.05) is 0 Å². The highest BCUT2D eigenvalue weighted by Gasteiger charge is 2.36. The van der Waals surface area contributed by atoms with Crippen LogP contribution in [0.3, 0.4) is 0 Å². The van der Waals surface area contributed by atoms with Crippen LogP contribution in [0.5, 0.6) is 0 Å². The second kappa shape index (κ2) is 6.90. The molecule has 1 aromatic heterocycles. The maximum Gasteiger partial charge on any atom is 0.347 e. The highest BCUT2D eigenvalue weighted by atomic mass is 19.1. The Balaban J connectivity index is 1.97. The Kier molecular flexibility index (Phi) is 4.92. The maximum absolute atomic E-state index is 14.0. The molecular formula is C19H23F2N3O3. The van der Waals surface area contributed by atoms with Crippen molar-refractivity contribution in [2.24, 2.45) is 0 Å². The number of esters is 1. The van der Waals surface area contributed by atoms with Gasteiger partial charge in [0.05, 0.1) is 6.54 Å². The molecule has 2 unspecified atom stereocenters. The average molecular weight is 379 g/mol. The molecule has 2 aromatic rings. The zero-order valence-electron chi connectivity index (χ0n) is 15.8. The number of hydrogen-bond acceptors (Lipinski definition) is 4. The lowest BCUT2D eigenvalue weighted by Gasteiger charge is -2.28. The van der Waals surface area contributed by atoms with Gasteiger partial charge in [0.15, 0.2) is 0 Å². The quantitative estimate of drug-likeness (QED) is 0.769. The molecule has 0 saturated heterocycles. The number of aromatic nitrogens is 3. The van der Waals surface area contributed by atoms with Crippen molar-refractivity contribution in [2.45, 2.75) is 64.6 Å². The first-order chi connectivity index (χ1) is 12.6.